The minimum atomic E-state index is -0.401. The lowest BCUT2D eigenvalue weighted by molar-refractivity contribution is -0.115. The second-order valence-electron chi connectivity index (χ2n) is 8.54. The van der Waals surface area contributed by atoms with E-state index in [2.05, 4.69) is 25.9 Å². The van der Waals surface area contributed by atoms with Crippen molar-refractivity contribution >= 4 is 46.3 Å². The Labute approximate surface area is 210 Å². The lowest BCUT2D eigenvalue weighted by Crippen LogP contribution is -2.37. The number of hydrogen-bond acceptors (Lipinski definition) is 8. The van der Waals surface area contributed by atoms with Crippen molar-refractivity contribution in [3.8, 4) is 11.1 Å². The molecule has 0 atom stereocenters. The molecule has 10 heteroatoms. The number of carbonyl (C=O) groups excluding carboxylic acids is 2. The van der Waals surface area contributed by atoms with Crippen molar-refractivity contribution in [2.45, 2.75) is 44.3 Å². The Balaban J connectivity index is 1.14. The fourth-order valence-electron chi connectivity index (χ4n) is 4.35. The maximum atomic E-state index is 13.8. The Bertz CT molecular complexity index is 1260. The number of carbonyl (C=O) groups is 2. The predicted octanol–water partition coefficient (Wildman–Crippen LogP) is 5.18. The van der Waals surface area contributed by atoms with Gasteiger partial charge in [0.2, 0.25) is 5.95 Å². The standard InChI is InChI=1S/C25H24FN5O2S2/c26-17-2-1-15(21(11-17)16-8-10-34-14-16)13-28-18-3-5-19(6-4-18)29-24-27-9-7-20(30-24)12-22-23(32)31-25(33)35-22/h1-2,7-12,14,18-19,28H,3-6,13H2,(H,27,29,30)(H,31,32,33)/b22-12-/t18-,19-. The number of thioether (sulfide) groups is 1. The van der Waals surface area contributed by atoms with Crippen molar-refractivity contribution in [1.82, 2.24) is 20.6 Å². The smallest absolute Gasteiger partial charge is 0.290 e. The van der Waals surface area contributed by atoms with Gasteiger partial charge in [-0.2, -0.15) is 11.3 Å². The summed E-state index contributed by atoms with van der Waals surface area (Å²) in [5.41, 5.74) is 3.67. The molecule has 2 aliphatic rings. The first-order valence-corrected chi connectivity index (χ1v) is 13.2. The second kappa shape index (κ2) is 10.7. The van der Waals surface area contributed by atoms with Crippen molar-refractivity contribution in [2.75, 3.05) is 5.32 Å². The van der Waals surface area contributed by atoms with E-state index in [1.807, 2.05) is 22.9 Å². The Morgan fingerprint density at radius 3 is 2.69 bits per heavy atom. The zero-order valence-electron chi connectivity index (χ0n) is 18.8. The van der Waals surface area contributed by atoms with E-state index in [1.165, 1.54) is 6.07 Å². The molecule has 3 aromatic rings. The Morgan fingerprint density at radius 2 is 1.94 bits per heavy atom. The summed E-state index contributed by atoms with van der Waals surface area (Å²) in [4.78, 5) is 32.2. The summed E-state index contributed by atoms with van der Waals surface area (Å²) in [6.07, 6.45) is 7.20. The first-order chi connectivity index (χ1) is 17.0. The second-order valence-corrected chi connectivity index (χ2v) is 10.3. The molecule has 1 saturated heterocycles. The highest BCUT2D eigenvalue weighted by Crippen LogP contribution is 2.28. The van der Waals surface area contributed by atoms with Crippen LogP contribution in [0.4, 0.5) is 15.1 Å². The number of amides is 2. The van der Waals surface area contributed by atoms with Crippen LogP contribution in [0.1, 0.15) is 36.9 Å². The SMILES string of the molecule is O=C1NC(=O)/C(=C/c2ccnc(N[C@H]3CC[C@H](NCc4ccc(F)cc4-c4ccsc4)CC3)n2)S1. The zero-order valence-corrected chi connectivity index (χ0v) is 20.4. The number of nitrogens with zero attached hydrogens (tertiary/aromatic N) is 2. The Morgan fingerprint density at radius 1 is 1.11 bits per heavy atom. The molecule has 1 saturated carbocycles. The van der Waals surface area contributed by atoms with E-state index in [-0.39, 0.29) is 17.1 Å². The quantitative estimate of drug-likeness (QED) is 0.378. The minimum absolute atomic E-state index is 0.220. The fourth-order valence-corrected chi connectivity index (χ4v) is 5.67. The summed E-state index contributed by atoms with van der Waals surface area (Å²) in [5.74, 6) is -0.109. The van der Waals surface area contributed by atoms with Gasteiger partial charge in [-0.1, -0.05) is 6.07 Å². The van der Waals surface area contributed by atoms with Gasteiger partial charge in [0.1, 0.15) is 5.82 Å². The van der Waals surface area contributed by atoms with Gasteiger partial charge >= 0.3 is 0 Å². The van der Waals surface area contributed by atoms with Crippen molar-refractivity contribution in [3.63, 3.8) is 0 Å². The fraction of sp³-hybridized carbons (Fsp3) is 0.280. The minimum Gasteiger partial charge on any atom is -0.351 e. The highest BCUT2D eigenvalue weighted by molar-refractivity contribution is 8.18. The molecule has 2 aromatic heterocycles. The summed E-state index contributed by atoms with van der Waals surface area (Å²) in [7, 11) is 0. The van der Waals surface area contributed by atoms with Crippen LogP contribution in [-0.4, -0.2) is 33.2 Å². The first-order valence-electron chi connectivity index (χ1n) is 11.4. The molecule has 1 aliphatic heterocycles. The average molecular weight is 510 g/mol. The summed E-state index contributed by atoms with van der Waals surface area (Å²) in [6.45, 7) is 0.697. The summed E-state index contributed by atoms with van der Waals surface area (Å²) in [5, 5.41) is 13.0. The van der Waals surface area contributed by atoms with Crippen molar-refractivity contribution in [2.24, 2.45) is 0 Å². The van der Waals surface area contributed by atoms with E-state index in [4.69, 9.17) is 0 Å². The molecule has 2 fully saturated rings. The first kappa shape index (κ1) is 23.7. The van der Waals surface area contributed by atoms with Gasteiger partial charge in [0.05, 0.1) is 10.6 Å². The molecule has 3 N–H and O–H groups in total. The Hall–Kier alpha value is -3.08. The van der Waals surface area contributed by atoms with Gasteiger partial charge in [0.25, 0.3) is 11.1 Å². The van der Waals surface area contributed by atoms with Gasteiger partial charge in [-0.3, -0.25) is 14.9 Å². The van der Waals surface area contributed by atoms with Crippen molar-refractivity contribution in [1.29, 1.82) is 0 Å². The monoisotopic (exact) mass is 509 g/mol. The number of benzene rings is 1. The van der Waals surface area contributed by atoms with Crippen LogP contribution in [-0.2, 0) is 11.3 Å². The molecular formula is C25H24FN5O2S2. The van der Waals surface area contributed by atoms with Crippen molar-refractivity contribution < 1.29 is 14.0 Å². The number of imide groups is 1. The molecule has 2 amide bonds. The third-order valence-corrected chi connectivity index (χ3v) is 7.64. The van der Waals surface area contributed by atoms with Crippen molar-refractivity contribution in [3.05, 3.63) is 69.3 Å². The number of anilines is 1. The van der Waals surface area contributed by atoms with Crippen LogP contribution in [0.3, 0.4) is 0 Å². The zero-order chi connectivity index (χ0) is 24.2. The van der Waals surface area contributed by atoms with E-state index >= 15 is 0 Å². The maximum Gasteiger partial charge on any atom is 0.290 e. The number of thiophene rings is 1. The molecule has 0 unspecified atom stereocenters. The van der Waals surface area contributed by atoms with E-state index < -0.39 is 5.91 Å². The molecule has 35 heavy (non-hydrogen) atoms. The molecule has 0 radical (unpaired) electrons. The van der Waals surface area contributed by atoms with Crippen LogP contribution in [0.2, 0.25) is 0 Å². The number of hydrogen-bond donors (Lipinski definition) is 3. The third kappa shape index (κ3) is 5.95. The lowest BCUT2D eigenvalue weighted by atomic mass is 9.91. The molecule has 5 rings (SSSR count). The van der Waals surface area contributed by atoms with Gasteiger partial charge in [0.15, 0.2) is 0 Å². The molecule has 180 valence electrons. The van der Waals surface area contributed by atoms with Crippen LogP contribution in [0.25, 0.3) is 17.2 Å². The molecule has 7 nitrogen and oxygen atoms in total. The summed E-state index contributed by atoms with van der Waals surface area (Å²) in [6, 6.07) is 9.37. The van der Waals surface area contributed by atoms with E-state index in [0.717, 1.165) is 54.1 Å². The molecule has 1 aromatic carbocycles. The van der Waals surface area contributed by atoms with Crippen LogP contribution in [0, 0.1) is 5.82 Å². The number of halogens is 1. The van der Waals surface area contributed by atoms with E-state index in [0.29, 0.717) is 29.1 Å². The van der Waals surface area contributed by atoms with Gasteiger partial charge in [-0.25, -0.2) is 14.4 Å². The molecular weight excluding hydrogens is 485 g/mol. The van der Waals surface area contributed by atoms with Gasteiger partial charge in [0, 0.05) is 24.8 Å². The van der Waals surface area contributed by atoms with Crippen LogP contribution < -0.4 is 16.0 Å². The normalized spacial score (nSPS) is 21.3. The maximum absolute atomic E-state index is 13.8. The lowest BCUT2D eigenvalue weighted by Gasteiger charge is -2.30. The van der Waals surface area contributed by atoms with Gasteiger partial charge in [-0.15, -0.1) is 0 Å². The van der Waals surface area contributed by atoms with E-state index in [9.17, 15) is 14.0 Å². The van der Waals surface area contributed by atoms with Crippen LogP contribution in [0.5, 0.6) is 0 Å². The molecule has 0 bridgehead atoms. The van der Waals surface area contributed by atoms with Gasteiger partial charge < -0.3 is 10.6 Å². The highest BCUT2D eigenvalue weighted by atomic mass is 32.2. The topological polar surface area (TPSA) is 96.0 Å². The predicted molar refractivity (Wildman–Crippen MR) is 137 cm³/mol. The molecule has 0 spiro atoms. The summed E-state index contributed by atoms with van der Waals surface area (Å²) < 4.78 is 13.8. The largest absolute Gasteiger partial charge is 0.351 e. The van der Waals surface area contributed by atoms with Gasteiger partial charge in [-0.05, 0) is 95.2 Å². The van der Waals surface area contributed by atoms with Crippen LogP contribution >= 0.6 is 23.1 Å². The number of aromatic nitrogens is 2. The number of rotatable bonds is 7. The third-order valence-electron chi connectivity index (χ3n) is 6.14. The van der Waals surface area contributed by atoms with Crippen LogP contribution in [0.15, 0.2) is 52.2 Å². The van der Waals surface area contributed by atoms with E-state index in [1.54, 1.807) is 35.7 Å². The Kier molecular flexibility index (Phi) is 7.21. The average Bonchev–Trinajstić information content (AvgIpc) is 3.49. The summed E-state index contributed by atoms with van der Waals surface area (Å²) >= 11 is 2.48. The number of nitrogens with one attached hydrogen (secondary N) is 3. The molecule has 1 aliphatic carbocycles. The highest BCUT2D eigenvalue weighted by Gasteiger charge is 2.25. The molecule has 3 heterocycles.